The van der Waals surface area contributed by atoms with Crippen LogP contribution in [0.3, 0.4) is 0 Å². The molecule has 0 atom stereocenters. The Morgan fingerprint density at radius 2 is 1.85 bits per heavy atom. The van der Waals surface area contributed by atoms with Gasteiger partial charge < -0.3 is 9.47 Å². The molecule has 0 amide bonds. The van der Waals surface area contributed by atoms with Crippen molar-refractivity contribution < 1.29 is 31.5 Å². The van der Waals surface area contributed by atoms with E-state index in [1.807, 2.05) is 0 Å². The topological polar surface area (TPSA) is 72.9 Å². The maximum atomic E-state index is 14.5. The van der Waals surface area contributed by atoms with Gasteiger partial charge in [-0.1, -0.05) is 11.6 Å². The molecular formula is C16H14ClF2NO5S. The second-order valence-electron chi connectivity index (χ2n) is 4.87. The highest BCUT2D eigenvalue weighted by atomic mass is 35.5. The minimum absolute atomic E-state index is 0.0792. The fourth-order valence-corrected chi connectivity index (χ4v) is 3.00. The number of anilines is 2. The van der Waals surface area contributed by atoms with Crippen molar-refractivity contribution in [3.05, 3.63) is 52.6 Å². The van der Waals surface area contributed by atoms with E-state index in [0.717, 1.165) is 24.3 Å². The second-order valence-corrected chi connectivity index (χ2v) is 6.16. The summed E-state index contributed by atoms with van der Waals surface area (Å²) in [5.74, 6) is -2.77. The summed E-state index contributed by atoms with van der Waals surface area (Å²) in [7, 11) is -2.20. The molecular weight excluding hydrogens is 392 g/mol. The van der Waals surface area contributed by atoms with Crippen molar-refractivity contribution in [2.45, 2.75) is 6.92 Å². The fourth-order valence-electron chi connectivity index (χ4n) is 2.17. The fraction of sp³-hybridized carbons (Fsp3) is 0.188. The summed E-state index contributed by atoms with van der Waals surface area (Å²) in [5.41, 5.74) is -0.786. The molecule has 10 heteroatoms. The van der Waals surface area contributed by atoms with E-state index in [4.69, 9.17) is 21.1 Å². The molecule has 0 heterocycles. The van der Waals surface area contributed by atoms with Crippen LogP contribution in [0.25, 0.3) is 0 Å². The van der Waals surface area contributed by atoms with Crippen molar-refractivity contribution in [3.63, 3.8) is 0 Å². The summed E-state index contributed by atoms with van der Waals surface area (Å²) in [6, 6.07) is 4.98. The van der Waals surface area contributed by atoms with E-state index in [2.05, 4.69) is 0 Å². The number of esters is 1. The van der Waals surface area contributed by atoms with Crippen molar-refractivity contribution in [1.82, 2.24) is 0 Å². The van der Waals surface area contributed by atoms with Gasteiger partial charge in [0.25, 0.3) is 0 Å². The Labute approximate surface area is 155 Å². The van der Waals surface area contributed by atoms with E-state index in [1.54, 1.807) is 6.92 Å². The lowest BCUT2D eigenvalue weighted by Crippen LogP contribution is -2.18. The summed E-state index contributed by atoms with van der Waals surface area (Å²) < 4.78 is 62.1. The van der Waals surface area contributed by atoms with E-state index in [1.165, 1.54) is 13.2 Å². The molecule has 2 aromatic carbocycles. The van der Waals surface area contributed by atoms with E-state index in [-0.39, 0.29) is 28.6 Å². The van der Waals surface area contributed by atoms with Crippen LogP contribution in [0.15, 0.2) is 30.3 Å². The van der Waals surface area contributed by atoms with Crippen molar-refractivity contribution >= 4 is 39.8 Å². The van der Waals surface area contributed by atoms with Gasteiger partial charge in [0.15, 0.2) is 0 Å². The Hall–Kier alpha value is -2.39. The molecule has 0 aromatic heterocycles. The van der Waals surface area contributed by atoms with E-state index in [9.17, 15) is 22.0 Å². The molecule has 0 aliphatic rings. The van der Waals surface area contributed by atoms with Crippen LogP contribution >= 0.6 is 11.6 Å². The van der Waals surface area contributed by atoms with E-state index >= 15 is 0 Å². The number of rotatable bonds is 6. The molecule has 140 valence electrons. The third kappa shape index (κ3) is 4.05. The highest BCUT2D eigenvalue weighted by molar-refractivity contribution is 7.74. The number of carbonyl (C=O) groups is 1. The number of hydrogen-bond acceptors (Lipinski definition) is 5. The molecule has 0 aliphatic carbocycles. The van der Waals surface area contributed by atoms with Gasteiger partial charge in [-0.05, 0) is 25.1 Å². The molecule has 0 saturated heterocycles. The number of nitrogens with zero attached hydrogens (tertiary/aromatic N) is 1. The van der Waals surface area contributed by atoms with Gasteiger partial charge in [0.05, 0.1) is 30.0 Å². The number of thiol groups is 1. The first kappa shape index (κ1) is 19.9. The van der Waals surface area contributed by atoms with Crippen LogP contribution in [0.4, 0.5) is 20.2 Å². The minimum Gasteiger partial charge on any atom is -0.494 e. The van der Waals surface area contributed by atoms with Gasteiger partial charge in [-0.2, -0.15) is 0 Å². The molecule has 0 bridgehead atoms. The quantitative estimate of drug-likeness (QED) is 0.588. The number of benzene rings is 2. The SMILES string of the molecule is CCOC(=O)c1ccc(N(c2cc(F)c(Cl)cc2OC)[SH](=O)=O)c(F)c1. The smallest absolute Gasteiger partial charge is 0.338 e. The van der Waals surface area contributed by atoms with Gasteiger partial charge >= 0.3 is 5.97 Å². The van der Waals surface area contributed by atoms with Crippen molar-refractivity contribution in [2.75, 3.05) is 18.0 Å². The van der Waals surface area contributed by atoms with E-state index < -0.39 is 34.2 Å². The highest BCUT2D eigenvalue weighted by Gasteiger charge is 2.23. The van der Waals surface area contributed by atoms with Crippen LogP contribution in [0.1, 0.15) is 17.3 Å². The van der Waals surface area contributed by atoms with Gasteiger partial charge in [-0.15, -0.1) is 0 Å². The Kier molecular flexibility index (Phi) is 6.38. The zero-order valence-corrected chi connectivity index (χ0v) is 15.3. The number of ether oxygens (including phenoxy) is 2. The van der Waals surface area contributed by atoms with E-state index in [0.29, 0.717) is 4.31 Å². The van der Waals surface area contributed by atoms with Crippen LogP contribution in [0, 0.1) is 11.6 Å². The standard InChI is InChI=1S/C16H14ClF2NO5S/c1-3-25-16(21)9-4-5-13(12(19)6-9)20(26(22)23)14-8-11(18)10(17)7-15(14)24-2/h4-8,26H,3H2,1-2H3. The lowest BCUT2D eigenvalue weighted by atomic mass is 10.2. The van der Waals surface area contributed by atoms with Crippen LogP contribution in [-0.4, -0.2) is 28.1 Å². The normalized spacial score (nSPS) is 10.7. The maximum Gasteiger partial charge on any atom is 0.338 e. The Balaban J connectivity index is 2.59. The summed E-state index contributed by atoms with van der Waals surface area (Å²) >= 11 is 5.66. The summed E-state index contributed by atoms with van der Waals surface area (Å²) in [4.78, 5) is 11.7. The minimum atomic E-state index is -3.42. The third-order valence-electron chi connectivity index (χ3n) is 3.30. The van der Waals surface area contributed by atoms with Crippen LogP contribution < -0.4 is 9.04 Å². The predicted octanol–water partition coefficient (Wildman–Crippen LogP) is 3.47. The molecule has 6 nitrogen and oxygen atoms in total. The number of methoxy groups -OCH3 is 1. The molecule has 0 N–H and O–H groups in total. The lowest BCUT2D eigenvalue weighted by Gasteiger charge is -2.21. The van der Waals surface area contributed by atoms with Crippen LogP contribution in [0.2, 0.25) is 5.02 Å². The number of hydrogen-bond donors (Lipinski definition) is 1. The lowest BCUT2D eigenvalue weighted by molar-refractivity contribution is 0.0526. The van der Waals surface area contributed by atoms with Gasteiger partial charge in [0.1, 0.15) is 23.1 Å². The largest absolute Gasteiger partial charge is 0.494 e. The summed E-state index contributed by atoms with van der Waals surface area (Å²) in [5, 5.41) is -0.287. The zero-order chi connectivity index (χ0) is 19.4. The van der Waals surface area contributed by atoms with Gasteiger partial charge in [-0.3, -0.25) is 0 Å². The summed E-state index contributed by atoms with van der Waals surface area (Å²) in [6.45, 7) is 1.69. The van der Waals surface area contributed by atoms with Gasteiger partial charge in [-0.25, -0.2) is 26.3 Å². The molecule has 2 rings (SSSR count). The molecule has 0 saturated carbocycles. The molecule has 0 aliphatic heterocycles. The molecule has 0 radical (unpaired) electrons. The molecule has 0 fully saturated rings. The van der Waals surface area contributed by atoms with Crippen molar-refractivity contribution in [2.24, 2.45) is 0 Å². The zero-order valence-electron chi connectivity index (χ0n) is 13.7. The van der Waals surface area contributed by atoms with Gasteiger partial charge in [0.2, 0.25) is 10.9 Å². The average Bonchev–Trinajstić information content (AvgIpc) is 2.59. The Bertz CT molecular complexity index is 912. The molecule has 0 unspecified atom stereocenters. The number of halogens is 3. The predicted molar refractivity (Wildman–Crippen MR) is 92.8 cm³/mol. The van der Waals surface area contributed by atoms with Crippen molar-refractivity contribution in [1.29, 1.82) is 0 Å². The summed E-state index contributed by atoms with van der Waals surface area (Å²) in [6.07, 6.45) is 0. The second kappa shape index (κ2) is 8.33. The molecule has 26 heavy (non-hydrogen) atoms. The first-order chi connectivity index (χ1) is 12.3. The van der Waals surface area contributed by atoms with Crippen LogP contribution in [-0.2, 0) is 15.6 Å². The van der Waals surface area contributed by atoms with Gasteiger partial charge in [0, 0.05) is 12.1 Å². The maximum absolute atomic E-state index is 14.5. The molecule has 0 spiro atoms. The first-order valence-electron chi connectivity index (χ1n) is 7.24. The number of carbonyl (C=O) groups excluding carboxylic acids is 1. The van der Waals surface area contributed by atoms with Crippen LogP contribution in [0.5, 0.6) is 5.75 Å². The highest BCUT2D eigenvalue weighted by Crippen LogP contribution is 2.38. The molecule has 2 aromatic rings. The average molecular weight is 406 g/mol. The van der Waals surface area contributed by atoms with Crippen molar-refractivity contribution in [3.8, 4) is 5.75 Å². The third-order valence-corrected chi connectivity index (χ3v) is 4.35. The monoisotopic (exact) mass is 405 g/mol. The Morgan fingerprint density at radius 3 is 2.38 bits per heavy atom. The Morgan fingerprint density at radius 1 is 1.15 bits per heavy atom. The first-order valence-corrected chi connectivity index (χ1v) is 8.75.